The summed E-state index contributed by atoms with van der Waals surface area (Å²) in [7, 11) is 1.72. The lowest BCUT2D eigenvalue weighted by molar-refractivity contribution is 0.189. The molecule has 1 saturated heterocycles. The first kappa shape index (κ1) is 12.9. The minimum atomic E-state index is 0.471. The largest absolute Gasteiger partial charge is 0.496 e. The van der Waals surface area contributed by atoms with Crippen LogP contribution in [0.15, 0.2) is 16.6 Å². The molecule has 1 heterocycles. The zero-order valence-electron chi connectivity index (χ0n) is 10.3. The number of halogens is 1. The monoisotopic (exact) mass is 299 g/mol. The fourth-order valence-corrected chi connectivity index (χ4v) is 2.79. The molecule has 0 saturated carbocycles. The molecule has 1 aromatic rings. The van der Waals surface area contributed by atoms with Gasteiger partial charge in [-0.3, -0.25) is 0 Å². The summed E-state index contributed by atoms with van der Waals surface area (Å²) in [6.45, 7) is 4.56. The summed E-state index contributed by atoms with van der Waals surface area (Å²) in [4.78, 5) is 0. The summed E-state index contributed by atoms with van der Waals surface area (Å²) >= 11 is 3.52. The van der Waals surface area contributed by atoms with Crippen LogP contribution >= 0.6 is 15.9 Å². The van der Waals surface area contributed by atoms with Crippen LogP contribution in [-0.4, -0.2) is 26.4 Å². The van der Waals surface area contributed by atoms with E-state index >= 15 is 0 Å². The molecule has 4 heteroatoms. The second-order valence-corrected chi connectivity index (χ2v) is 5.27. The molecule has 1 unspecified atom stereocenters. The number of benzene rings is 1. The van der Waals surface area contributed by atoms with Crippen LogP contribution in [0.3, 0.4) is 0 Å². The molecule has 0 bridgehead atoms. The maximum absolute atomic E-state index is 5.45. The van der Waals surface area contributed by atoms with Gasteiger partial charge < -0.3 is 14.8 Å². The molecule has 2 rings (SSSR count). The second-order valence-electron chi connectivity index (χ2n) is 4.36. The van der Waals surface area contributed by atoms with Crippen molar-refractivity contribution >= 4 is 15.9 Å². The number of ether oxygens (including phenoxy) is 2. The molecule has 0 amide bonds. The maximum atomic E-state index is 5.45. The lowest BCUT2D eigenvalue weighted by Gasteiger charge is -2.15. The first-order chi connectivity index (χ1) is 8.20. The van der Waals surface area contributed by atoms with Gasteiger partial charge in [-0.05, 0) is 31.0 Å². The molecular weight excluding hydrogens is 282 g/mol. The Morgan fingerprint density at radius 2 is 2.35 bits per heavy atom. The Labute approximate surface area is 111 Å². The summed E-state index contributed by atoms with van der Waals surface area (Å²) in [6, 6.07) is 4.65. The fourth-order valence-electron chi connectivity index (χ4n) is 2.17. The Balaban J connectivity index is 2.07. The quantitative estimate of drug-likeness (QED) is 0.927. The highest BCUT2D eigenvalue weighted by Gasteiger charge is 2.16. The molecule has 1 aromatic carbocycles. The van der Waals surface area contributed by atoms with Gasteiger partial charge in [-0.25, -0.2) is 0 Å². The average Bonchev–Trinajstić information content (AvgIpc) is 2.78. The second kappa shape index (κ2) is 5.85. The first-order valence-electron chi connectivity index (χ1n) is 5.85. The van der Waals surface area contributed by atoms with E-state index in [-0.39, 0.29) is 0 Å². The molecule has 17 heavy (non-hydrogen) atoms. The SMILES string of the molecule is COc1c(C)cc(Br)cc1CNC1CCOC1. The summed E-state index contributed by atoms with van der Waals surface area (Å²) in [5.74, 6) is 0.972. The van der Waals surface area contributed by atoms with Crippen LogP contribution in [-0.2, 0) is 11.3 Å². The molecule has 0 aliphatic carbocycles. The van der Waals surface area contributed by atoms with Crippen LogP contribution < -0.4 is 10.1 Å². The van der Waals surface area contributed by atoms with Crippen molar-refractivity contribution in [3.63, 3.8) is 0 Å². The van der Waals surface area contributed by atoms with Crippen molar-refractivity contribution < 1.29 is 9.47 Å². The van der Waals surface area contributed by atoms with E-state index in [0.717, 1.165) is 42.0 Å². The number of nitrogens with one attached hydrogen (secondary N) is 1. The maximum Gasteiger partial charge on any atom is 0.126 e. The molecule has 0 radical (unpaired) electrons. The van der Waals surface area contributed by atoms with Gasteiger partial charge in [0.25, 0.3) is 0 Å². The summed E-state index contributed by atoms with van der Waals surface area (Å²) in [6.07, 6.45) is 1.09. The standard InChI is InChI=1S/C13H18BrNO2/c1-9-5-11(14)6-10(13(9)16-2)7-15-12-3-4-17-8-12/h5-6,12,15H,3-4,7-8H2,1-2H3. The third kappa shape index (κ3) is 3.21. The van der Waals surface area contributed by atoms with Crippen molar-refractivity contribution in [1.29, 1.82) is 0 Å². The van der Waals surface area contributed by atoms with Crippen molar-refractivity contribution in [3.8, 4) is 5.75 Å². The Kier molecular flexibility index (Phi) is 4.42. The number of rotatable bonds is 4. The van der Waals surface area contributed by atoms with Gasteiger partial charge in [-0.2, -0.15) is 0 Å². The average molecular weight is 300 g/mol. The molecular formula is C13H18BrNO2. The molecule has 1 N–H and O–H groups in total. The molecule has 0 aromatic heterocycles. The van der Waals surface area contributed by atoms with Crippen molar-refractivity contribution in [2.45, 2.75) is 25.9 Å². The van der Waals surface area contributed by atoms with E-state index < -0.39 is 0 Å². The van der Waals surface area contributed by atoms with Crippen molar-refractivity contribution in [2.75, 3.05) is 20.3 Å². The minimum absolute atomic E-state index is 0.471. The van der Waals surface area contributed by atoms with Gasteiger partial charge in [0.2, 0.25) is 0 Å². The van der Waals surface area contributed by atoms with E-state index in [0.29, 0.717) is 6.04 Å². The van der Waals surface area contributed by atoms with Gasteiger partial charge in [-0.1, -0.05) is 15.9 Å². The number of hydrogen-bond donors (Lipinski definition) is 1. The first-order valence-corrected chi connectivity index (χ1v) is 6.64. The molecule has 1 atom stereocenters. The Morgan fingerprint density at radius 1 is 1.53 bits per heavy atom. The number of methoxy groups -OCH3 is 1. The van der Waals surface area contributed by atoms with E-state index in [1.54, 1.807) is 7.11 Å². The Bertz CT molecular complexity index is 389. The third-order valence-electron chi connectivity index (χ3n) is 3.03. The van der Waals surface area contributed by atoms with Crippen LogP contribution in [0.4, 0.5) is 0 Å². The van der Waals surface area contributed by atoms with Crippen molar-refractivity contribution in [1.82, 2.24) is 5.32 Å². The van der Waals surface area contributed by atoms with Crippen molar-refractivity contribution in [2.24, 2.45) is 0 Å². The predicted octanol–water partition coefficient (Wildman–Crippen LogP) is 2.64. The van der Waals surface area contributed by atoms with Crippen molar-refractivity contribution in [3.05, 3.63) is 27.7 Å². The highest BCUT2D eigenvalue weighted by molar-refractivity contribution is 9.10. The smallest absolute Gasteiger partial charge is 0.126 e. The molecule has 1 aliphatic heterocycles. The third-order valence-corrected chi connectivity index (χ3v) is 3.49. The van der Waals surface area contributed by atoms with E-state index in [4.69, 9.17) is 9.47 Å². The van der Waals surface area contributed by atoms with Gasteiger partial charge in [0.15, 0.2) is 0 Å². The molecule has 3 nitrogen and oxygen atoms in total. The fraction of sp³-hybridized carbons (Fsp3) is 0.538. The molecule has 0 spiro atoms. The van der Waals surface area contributed by atoms with Gasteiger partial charge in [0.1, 0.15) is 5.75 Å². The summed E-state index contributed by atoms with van der Waals surface area (Å²) < 4.78 is 11.9. The van der Waals surface area contributed by atoms with E-state index in [2.05, 4.69) is 40.3 Å². The number of aryl methyl sites for hydroxylation is 1. The lowest BCUT2D eigenvalue weighted by atomic mass is 10.1. The highest BCUT2D eigenvalue weighted by Crippen LogP contribution is 2.27. The van der Waals surface area contributed by atoms with Gasteiger partial charge >= 0.3 is 0 Å². The van der Waals surface area contributed by atoms with Gasteiger partial charge in [0, 0.05) is 29.2 Å². The van der Waals surface area contributed by atoms with Gasteiger partial charge in [-0.15, -0.1) is 0 Å². The summed E-state index contributed by atoms with van der Waals surface area (Å²) in [5, 5.41) is 3.50. The van der Waals surface area contributed by atoms with Crippen LogP contribution in [0.5, 0.6) is 5.75 Å². The topological polar surface area (TPSA) is 30.5 Å². The molecule has 1 fully saturated rings. The van der Waals surface area contributed by atoms with Crippen LogP contribution in [0.1, 0.15) is 17.5 Å². The zero-order chi connectivity index (χ0) is 12.3. The normalized spacial score (nSPS) is 19.6. The van der Waals surface area contributed by atoms with Crippen LogP contribution in [0.25, 0.3) is 0 Å². The summed E-state index contributed by atoms with van der Waals surface area (Å²) in [5.41, 5.74) is 2.34. The number of hydrogen-bond acceptors (Lipinski definition) is 3. The van der Waals surface area contributed by atoms with E-state index in [1.807, 2.05) is 0 Å². The van der Waals surface area contributed by atoms with E-state index in [1.165, 1.54) is 5.56 Å². The van der Waals surface area contributed by atoms with E-state index in [9.17, 15) is 0 Å². The Hall–Kier alpha value is -0.580. The molecule has 1 aliphatic rings. The van der Waals surface area contributed by atoms with Crippen LogP contribution in [0.2, 0.25) is 0 Å². The predicted molar refractivity (Wildman–Crippen MR) is 71.5 cm³/mol. The molecule has 94 valence electrons. The van der Waals surface area contributed by atoms with Crippen LogP contribution in [0, 0.1) is 6.92 Å². The van der Waals surface area contributed by atoms with Gasteiger partial charge in [0.05, 0.1) is 13.7 Å². The minimum Gasteiger partial charge on any atom is -0.496 e. The lowest BCUT2D eigenvalue weighted by Crippen LogP contribution is -2.28. The Morgan fingerprint density at radius 3 is 3.00 bits per heavy atom. The zero-order valence-corrected chi connectivity index (χ0v) is 11.8. The highest BCUT2D eigenvalue weighted by atomic mass is 79.9.